The van der Waals surface area contributed by atoms with Gasteiger partial charge in [0.1, 0.15) is 12.0 Å². The third-order valence-corrected chi connectivity index (χ3v) is 10.3. The molecule has 0 amide bonds. The minimum atomic E-state index is 0.146. The van der Waals surface area contributed by atoms with Crippen LogP contribution in [0.15, 0.2) is 102 Å². The monoisotopic (exact) mass is 542 g/mol. The first-order valence-corrected chi connectivity index (χ1v) is 15.4. The molecule has 4 heteroatoms. The molecule has 0 saturated carbocycles. The van der Waals surface area contributed by atoms with Crippen LogP contribution >= 0.6 is 0 Å². The summed E-state index contributed by atoms with van der Waals surface area (Å²) in [5, 5.41) is 2.68. The van der Waals surface area contributed by atoms with Crippen molar-refractivity contribution in [3.8, 4) is 16.9 Å². The van der Waals surface area contributed by atoms with Crippen LogP contribution in [-0.4, -0.2) is 28.0 Å². The van der Waals surface area contributed by atoms with E-state index >= 15 is 0 Å². The molecule has 0 bridgehead atoms. The average Bonchev–Trinajstić information content (AvgIpc) is 3.57. The number of nitrogens with zero attached hydrogens (tertiary/aromatic N) is 4. The van der Waals surface area contributed by atoms with Crippen molar-refractivity contribution in [2.24, 2.45) is 4.99 Å². The first kappa shape index (κ1) is 22.9. The molecular weight excluding hydrogens is 512 g/mol. The number of allylic oxidation sites excluding steroid dienone is 3. The summed E-state index contributed by atoms with van der Waals surface area (Å²) in [6, 6.07) is 20.5. The summed E-state index contributed by atoms with van der Waals surface area (Å²) in [5.74, 6) is 1.39. The quantitative estimate of drug-likeness (QED) is 0.228. The van der Waals surface area contributed by atoms with Gasteiger partial charge in [0, 0.05) is 41.2 Å². The lowest BCUT2D eigenvalue weighted by Gasteiger charge is -2.37. The molecule has 0 N–H and O–H groups in total. The van der Waals surface area contributed by atoms with Crippen molar-refractivity contribution >= 4 is 33.7 Å². The van der Waals surface area contributed by atoms with Crippen molar-refractivity contribution in [3.63, 3.8) is 0 Å². The molecule has 5 aliphatic rings. The lowest BCUT2D eigenvalue weighted by molar-refractivity contribution is 0.566. The molecule has 0 saturated heterocycles. The van der Waals surface area contributed by atoms with Gasteiger partial charge in [0.15, 0.2) is 0 Å². The molecule has 202 valence electrons. The first-order chi connectivity index (χ1) is 20.9. The normalized spacial score (nSPS) is 22.6. The van der Waals surface area contributed by atoms with Crippen molar-refractivity contribution in [1.29, 1.82) is 0 Å². The maximum absolute atomic E-state index is 5.00. The van der Waals surface area contributed by atoms with Gasteiger partial charge in [-0.2, -0.15) is 0 Å². The van der Waals surface area contributed by atoms with Gasteiger partial charge in [-0.25, -0.2) is 4.98 Å². The molecule has 10 rings (SSSR count). The highest BCUT2D eigenvalue weighted by Gasteiger charge is 2.44. The van der Waals surface area contributed by atoms with Crippen LogP contribution in [0, 0.1) is 0 Å². The number of aryl methyl sites for hydroxylation is 3. The Hall–Kier alpha value is -4.70. The van der Waals surface area contributed by atoms with E-state index in [0.29, 0.717) is 12.0 Å². The molecule has 0 radical (unpaired) electrons. The maximum Gasteiger partial charge on any atom is 0.137 e. The number of aliphatic imine (C=N–C) groups is 1. The van der Waals surface area contributed by atoms with Crippen LogP contribution in [0.5, 0.6) is 0 Å². The Kier molecular flexibility index (Phi) is 4.60. The third kappa shape index (κ3) is 2.92. The minimum Gasteiger partial charge on any atom is -0.341 e. The van der Waals surface area contributed by atoms with Gasteiger partial charge in [-0.3, -0.25) is 9.56 Å². The fraction of sp³-hybridized carbons (Fsp3) is 0.211. The van der Waals surface area contributed by atoms with Gasteiger partial charge in [0.2, 0.25) is 0 Å². The SMILES string of the molecule is C1=CCC(N2c3c(cc4c5c3CCc3c-5c(cc5c6ccccc6n(-c6ccccn6)c35)CC4)C3C=CC=CC32)N=C1. The Morgan fingerprint density at radius 2 is 1.60 bits per heavy atom. The first-order valence-electron chi connectivity index (χ1n) is 15.4. The summed E-state index contributed by atoms with van der Waals surface area (Å²) in [4.78, 5) is 12.5. The highest BCUT2D eigenvalue weighted by Crippen LogP contribution is 2.55. The van der Waals surface area contributed by atoms with Gasteiger partial charge >= 0.3 is 0 Å². The molecule has 3 aliphatic carbocycles. The van der Waals surface area contributed by atoms with E-state index < -0.39 is 0 Å². The van der Waals surface area contributed by atoms with Gasteiger partial charge in [-0.05, 0) is 95.0 Å². The molecule has 0 fully saturated rings. The van der Waals surface area contributed by atoms with Crippen molar-refractivity contribution in [3.05, 3.63) is 125 Å². The summed E-state index contributed by atoms with van der Waals surface area (Å²) in [6.07, 6.45) is 23.0. The molecule has 2 aromatic heterocycles. The van der Waals surface area contributed by atoms with Crippen molar-refractivity contribution in [2.45, 2.75) is 50.2 Å². The molecule has 4 heterocycles. The Labute approximate surface area is 245 Å². The van der Waals surface area contributed by atoms with Gasteiger partial charge in [0.25, 0.3) is 0 Å². The number of hydrogen-bond acceptors (Lipinski definition) is 3. The summed E-state index contributed by atoms with van der Waals surface area (Å²) < 4.78 is 2.42. The Bertz CT molecular complexity index is 2090. The Balaban J connectivity index is 1.28. The van der Waals surface area contributed by atoms with Gasteiger partial charge in [0.05, 0.1) is 17.1 Å². The van der Waals surface area contributed by atoms with Crippen molar-refractivity contribution in [1.82, 2.24) is 9.55 Å². The van der Waals surface area contributed by atoms with Crippen LogP contribution in [0.3, 0.4) is 0 Å². The average molecular weight is 543 g/mol. The Morgan fingerprint density at radius 3 is 2.48 bits per heavy atom. The van der Waals surface area contributed by atoms with Crippen molar-refractivity contribution in [2.75, 3.05) is 4.90 Å². The summed E-state index contributed by atoms with van der Waals surface area (Å²) >= 11 is 0. The number of fused-ring (bicyclic) bond motifs is 8. The number of dihydropyridines is 1. The van der Waals surface area contributed by atoms with Gasteiger partial charge in [-0.1, -0.05) is 60.7 Å². The molecule has 0 spiro atoms. The summed E-state index contributed by atoms with van der Waals surface area (Å²) in [7, 11) is 0. The zero-order valence-corrected chi connectivity index (χ0v) is 23.4. The predicted octanol–water partition coefficient (Wildman–Crippen LogP) is 7.80. The van der Waals surface area contributed by atoms with E-state index in [1.807, 2.05) is 18.5 Å². The van der Waals surface area contributed by atoms with E-state index in [9.17, 15) is 0 Å². The Morgan fingerprint density at radius 1 is 0.762 bits per heavy atom. The second-order valence-electron chi connectivity index (χ2n) is 12.3. The molecule has 4 nitrogen and oxygen atoms in total. The molecule has 3 unspecified atom stereocenters. The zero-order valence-electron chi connectivity index (χ0n) is 23.4. The molecule has 42 heavy (non-hydrogen) atoms. The fourth-order valence-corrected chi connectivity index (χ4v) is 8.69. The predicted molar refractivity (Wildman–Crippen MR) is 172 cm³/mol. The standard InChI is InChI=1S/C38H30N4/c1-3-11-31-25(9-1)29-21-23-15-16-24-22-30-26-10-2-4-12-32(26)42(34-14-6-8-20-40-34)38(30)28-18-17-27(35(23)36(24)28)37(29)41(31)33-13-5-7-19-39-33/h1-13,19-22,26,32,34H,14-18H2. The number of para-hydroxylation sites is 1. The molecule has 3 aromatic carbocycles. The molecular formula is C38H30N4. The number of hydrogen-bond donors (Lipinski definition) is 0. The zero-order chi connectivity index (χ0) is 27.4. The lowest BCUT2D eigenvalue weighted by Crippen LogP contribution is -2.41. The highest BCUT2D eigenvalue weighted by atomic mass is 15.3. The number of aromatic nitrogens is 2. The fourth-order valence-electron chi connectivity index (χ4n) is 8.69. The van der Waals surface area contributed by atoms with E-state index in [-0.39, 0.29) is 6.17 Å². The van der Waals surface area contributed by atoms with Crippen LogP contribution in [0.2, 0.25) is 0 Å². The van der Waals surface area contributed by atoms with E-state index in [1.165, 1.54) is 60.9 Å². The number of anilines is 1. The van der Waals surface area contributed by atoms with Crippen LogP contribution in [0.25, 0.3) is 38.8 Å². The smallest absolute Gasteiger partial charge is 0.137 e. The largest absolute Gasteiger partial charge is 0.341 e. The van der Waals surface area contributed by atoms with Crippen molar-refractivity contribution < 1.29 is 0 Å². The van der Waals surface area contributed by atoms with Gasteiger partial charge < -0.3 is 4.90 Å². The second-order valence-corrected chi connectivity index (χ2v) is 12.3. The summed E-state index contributed by atoms with van der Waals surface area (Å²) in [5.41, 5.74) is 14.7. The number of rotatable bonds is 2. The topological polar surface area (TPSA) is 33.4 Å². The number of benzene rings is 3. The van der Waals surface area contributed by atoms with E-state index in [4.69, 9.17) is 9.98 Å². The van der Waals surface area contributed by atoms with Gasteiger partial charge in [-0.15, -0.1) is 0 Å². The molecule has 2 aliphatic heterocycles. The van der Waals surface area contributed by atoms with Crippen LogP contribution in [0.1, 0.15) is 40.2 Å². The number of pyridine rings is 1. The molecule has 3 atom stereocenters. The molecule has 5 aromatic rings. The summed E-state index contributed by atoms with van der Waals surface area (Å²) in [6.45, 7) is 0. The van der Waals surface area contributed by atoms with E-state index in [0.717, 1.165) is 37.9 Å². The van der Waals surface area contributed by atoms with E-state index in [1.54, 1.807) is 5.56 Å². The minimum absolute atomic E-state index is 0.146. The lowest BCUT2D eigenvalue weighted by atomic mass is 9.73. The van der Waals surface area contributed by atoms with Crippen LogP contribution in [-0.2, 0) is 25.7 Å². The second kappa shape index (κ2) is 8.42. The van der Waals surface area contributed by atoms with Crippen LogP contribution in [0.4, 0.5) is 5.69 Å². The van der Waals surface area contributed by atoms with Crippen LogP contribution < -0.4 is 4.90 Å². The third-order valence-electron chi connectivity index (χ3n) is 10.3. The highest BCUT2D eigenvalue weighted by molar-refractivity contribution is 6.13. The maximum atomic E-state index is 5.00. The van der Waals surface area contributed by atoms with E-state index in [2.05, 4.69) is 94.5 Å².